The van der Waals surface area contributed by atoms with Crippen LogP contribution in [0.3, 0.4) is 0 Å². The van der Waals surface area contributed by atoms with Crippen molar-refractivity contribution < 1.29 is 37.2 Å². The first-order valence-electron chi connectivity index (χ1n) is 8.58. The molecule has 9 heteroatoms. The molecule has 8 nitrogen and oxygen atoms in total. The number of rotatable bonds is 1. The summed E-state index contributed by atoms with van der Waals surface area (Å²) in [4.78, 5) is 26.2. The van der Waals surface area contributed by atoms with Crippen molar-refractivity contribution in [3.8, 4) is 11.4 Å². The van der Waals surface area contributed by atoms with Gasteiger partial charge in [0.25, 0.3) is 0 Å². The smallest absolute Gasteiger partial charge is 0.550 e. The van der Waals surface area contributed by atoms with Crippen LogP contribution >= 0.6 is 0 Å². The van der Waals surface area contributed by atoms with Crippen LogP contribution in [0, 0.1) is 0 Å². The molecular weight excluding hydrogens is 412 g/mol. The molecular formula is C20H32CrN4O4+2. The van der Waals surface area contributed by atoms with Gasteiger partial charge in [0.05, 0.1) is 11.4 Å². The van der Waals surface area contributed by atoms with Crippen LogP contribution in [0.1, 0.15) is 41.5 Å². The van der Waals surface area contributed by atoms with Crippen molar-refractivity contribution in [3.63, 3.8) is 0 Å². The Morgan fingerprint density at radius 3 is 1.10 bits per heavy atom. The molecule has 4 N–H and O–H groups in total. The Balaban J connectivity index is -0.000000156. The van der Waals surface area contributed by atoms with Crippen LogP contribution < -0.4 is 21.7 Å². The Morgan fingerprint density at radius 2 is 0.966 bits per heavy atom. The van der Waals surface area contributed by atoms with Crippen molar-refractivity contribution in [3.05, 3.63) is 48.8 Å². The molecule has 160 valence electrons. The molecule has 0 aliphatic rings. The number of carboxylic acid groups (broad SMARTS) is 2. The topological polar surface area (TPSA) is 158 Å². The second-order valence-corrected chi connectivity index (χ2v) is 5.90. The molecule has 0 amide bonds. The minimum Gasteiger partial charge on any atom is -0.550 e. The van der Waals surface area contributed by atoms with Crippen LogP contribution in [0.5, 0.6) is 0 Å². The fourth-order valence-corrected chi connectivity index (χ4v) is 1.03. The molecule has 0 saturated carbocycles. The minimum absolute atomic E-state index is 0. The van der Waals surface area contributed by atoms with Gasteiger partial charge in [0, 0.05) is 24.3 Å². The number of pyridine rings is 2. The molecule has 0 radical (unpaired) electrons. The van der Waals surface area contributed by atoms with E-state index in [9.17, 15) is 0 Å². The summed E-state index contributed by atoms with van der Waals surface area (Å²) in [6.07, 6.45) is 3.54. The second-order valence-electron chi connectivity index (χ2n) is 5.90. The third-order valence-electron chi connectivity index (χ3n) is 1.59. The van der Waals surface area contributed by atoms with E-state index < -0.39 is 11.9 Å². The number of hydrogen-bond donors (Lipinski definition) is 2. The number of nitrogens with zero attached hydrogens (tertiary/aromatic N) is 2. The second kappa shape index (κ2) is 23.7. The number of aromatic nitrogens is 2. The Labute approximate surface area is 184 Å². The normalized spacial score (nSPS) is 8.21. The van der Waals surface area contributed by atoms with Crippen molar-refractivity contribution in [2.45, 2.75) is 53.6 Å². The fourth-order valence-electron chi connectivity index (χ4n) is 1.03. The minimum atomic E-state index is -1.08. The molecule has 0 unspecified atom stereocenters. The molecule has 0 aromatic carbocycles. The predicted octanol–water partition coefficient (Wildman–Crippen LogP) is 0.361. The maximum absolute atomic E-state index is 8.89. The molecule has 0 aliphatic carbocycles. The van der Waals surface area contributed by atoms with E-state index in [4.69, 9.17) is 31.3 Å². The molecule has 0 saturated heterocycles. The Kier molecular flexibility index (Phi) is 28.0. The zero-order chi connectivity index (χ0) is 22.5. The number of nitrogens with two attached hydrogens (primary N) is 2. The van der Waals surface area contributed by atoms with E-state index in [1.807, 2.05) is 64.1 Å². The summed E-state index contributed by atoms with van der Waals surface area (Å²) in [5.41, 5.74) is 12.1. The maximum atomic E-state index is 8.89. The first-order valence-corrected chi connectivity index (χ1v) is 8.58. The number of carbonyl (C=O) groups excluding carboxylic acids is 2. The summed E-state index contributed by atoms with van der Waals surface area (Å²) in [6, 6.07) is 12.3. The fraction of sp³-hybridized carbons (Fsp3) is 0.400. The zero-order valence-electron chi connectivity index (χ0n) is 17.9. The van der Waals surface area contributed by atoms with Crippen molar-refractivity contribution in [1.82, 2.24) is 9.97 Å². The molecule has 0 spiro atoms. The Morgan fingerprint density at radius 1 is 0.759 bits per heavy atom. The number of hydrogen-bond acceptors (Lipinski definition) is 8. The van der Waals surface area contributed by atoms with Crippen LogP contribution in [0.2, 0.25) is 0 Å². The van der Waals surface area contributed by atoms with Crippen molar-refractivity contribution >= 4 is 11.9 Å². The molecule has 0 aliphatic heterocycles. The summed E-state index contributed by atoms with van der Waals surface area (Å²) < 4.78 is 0. The van der Waals surface area contributed by atoms with Crippen molar-refractivity contribution in [2.24, 2.45) is 11.5 Å². The molecule has 2 rings (SSSR count). The van der Waals surface area contributed by atoms with Gasteiger partial charge in [-0.25, -0.2) is 0 Å². The summed E-state index contributed by atoms with van der Waals surface area (Å²) in [7, 11) is 0. The molecule has 2 aromatic heterocycles. The van der Waals surface area contributed by atoms with Crippen LogP contribution in [0.4, 0.5) is 0 Å². The van der Waals surface area contributed by atoms with Gasteiger partial charge in [0.15, 0.2) is 0 Å². The van der Waals surface area contributed by atoms with E-state index in [1.54, 1.807) is 12.4 Å². The number of carbonyl (C=O) groups is 2. The van der Waals surface area contributed by atoms with Gasteiger partial charge >= 0.3 is 17.4 Å². The largest absolute Gasteiger partial charge is 4.00 e. The van der Waals surface area contributed by atoms with Gasteiger partial charge in [-0.15, -0.1) is 0 Å². The van der Waals surface area contributed by atoms with E-state index in [2.05, 4.69) is 9.97 Å². The molecule has 29 heavy (non-hydrogen) atoms. The first-order chi connectivity index (χ1) is 12.9. The van der Waals surface area contributed by atoms with E-state index in [-0.39, 0.29) is 17.4 Å². The molecule has 0 fully saturated rings. The summed E-state index contributed by atoms with van der Waals surface area (Å²) in [6.45, 7) is 9.72. The predicted molar refractivity (Wildman–Crippen MR) is 107 cm³/mol. The Bertz CT molecular complexity index is 543. The van der Waals surface area contributed by atoms with Gasteiger partial charge in [-0.05, 0) is 50.2 Å². The standard InChI is InChI=1S/C10H8N2.2C3H9N.2C2H4O2.Cr/c1-3-7-11-9(5-1)10-6-2-4-8-12-10;2*1-3(2)4;2*1-2(3)4;/h1-8H;2*3H,4H2,1-2H3;2*1H3,(H,3,4);/q;;;;;+4/p-2. The molecule has 0 bridgehead atoms. The molecule has 2 heterocycles. The van der Waals surface area contributed by atoms with Gasteiger partial charge in [-0.1, -0.05) is 39.8 Å². The molecule has 2 aromatic rings. The van der Waals surface area contributed by atoms with E-state index >= 15 is 0 Å². The zero-order valence-corrected chi connectivity index (χ0v) is 19.1. The molecule has 0 atom stereocenters. The van der Waals surface area contributed by atoms with E-state index in [1.165, 1.54) is 0 Å². The van der Waals surface area contributed by atoms with E-state index in [0.29, 0.717) is 12.1 Å². The van der Waals surface area contributed by atoms with Gasteiger partial charge in [-0.2, -0.15) is 0 Å². The van der Waals surface area contributed by atoms with Crippen molar-refractivity contribution in [1.29, 1.82) is 0 Å². The number of carboxylic acids is 2. The average Bonchev–Trinajstić information content (AvgIpc) is 2.54. The summed E-state index contributed by atoms with van der Waals surface area (Å²) in [5.74, 6) is -2.17. The third kappa shape index (κ3) is 46.1. The monoisotopic (exact) mass is 444 g/mol. The van der Waals surface area contributed by atoms with Crippen LogP contribution in [0.25, 0.3) is 11.4 Å². The SMILES string of the molecule is CC(=O)[O-].CC(=O)[O-].CC(C)N.CC(C)N.[Cr+4].c1ccc(-c2ccccn2)nc1. The third-order valence-corrected chi connectivity index (χ3v) is 1.59. The van der Waals surface area contributed by atoms with E-state index in [0.717, 1.165) is 25.2 Å². The first kappa shape index (κ1) is 34.2. The quantitative estimate of drug-likeness (QED) is 0.638. The van der Waals surface area contributed by atoms with Gasteiger partial charge < -0.3 is 31.3 Å². The Hall–Kier alpha value is -2.31. The van der Waals surface area contributed by atoms with Gasteiger partial charge in [0.1, 0.15) is 0 Å². The summed E-state index contributed by atoms with van der Waals surface area (Å²) in [5, 5.41) is 17.8. The summed E-state index contributed by atoms with van der Waals surface area (Å²) >= 11 is 0. The maximum Gasteiger partial charge on any atom is 4.00 e. The van der Waals surface area contributed by atoms with Gasteiger partial charge in [0.2, 0.25) is 0 Å². The van der Waals surface area contributed by atoms with Crippen LogP contribution in [0.15, 0.2) is 48.8 Å². The van der Waals surface area contributed by atoms with Crippen molar-refractivity contribution in [2.75, 3.05) is 0 Å². The van der Waals surface area contributed by atoms with Crippen LogP contribution in [-0.2, 0) is 27.0 Å². The van der Waals surface area contributed by atoms with Crippen LogP contribution in [-0.4, -0.2) is 34.0 Å². The number of aliphatic carboxylic acids is 2. The average molecular weight is 444 g/mol. The van der Waals surface area contributed by atoms with Gasteiger partial charge in [-0.3, -0.25) is 9.97 Å².